The van der Waals surface area contributed by atoms with E-state index in [-0.39, 0.29) is 11.4 Å². The molecular weight excluding hydrogens is 266 g/mol. The second-order valence-corrected chi connectivity index (χ2v) is 4.68. The number of amides is 1. The number of rotatable bonds is 2. The Morgan fingerprint density at radius 3 is 2.76 bits per heavy atom. The number of hydrogen-bond donors (Lipinski definition) is 2. The van der Waals surface area contributed by atoms with Crippen molar-refractivity contribution in [2.45, 2.75) is 6.92 Å². The van der Waals surface area contributed by atoms with Crippen molar-refractivity contribution in [1.29, 1.82) is 0 Å². The number of nitrogens with two attached hydrogens (primary N) is 2. The fourth-order valence-electron chi connectivity index (χ4n) is 2.29. The van der Waals surface area contributed by atoms with E-state index < -0.39 is 5.91 Å². The van der Waals surface area contributed by atoms with Crippen molar-refractivity contribution < 1.29 is 4.79 Å². The van der Waals surface area contributed by atoms with E-state index >= 15 is 0 Å². The van der Waals surface area contributed by atoms with E-state index in [9.17, 15) is 4.79 Å². The molecule has 0 radical (unpaired) electrons. The van der Waals surface area contributed by atoms with Crippen LogP contribution in [0.5, 0.6) is 0 Å². The van der Waals surface area contributed by atoms with Crippen LogP contribution in [0.1, 0.15) is 16.1 Å². The number of fused-ring (bicyclic) bond motifs is 1. The van der Waals surface area contributed by atoms with Gasteiger partial charge in [-0.05, 0) is 30.7 Å². The Labute approximate surface area is 120 Å². The average molecular weight is 279 g/mol. The molecular formula is C15H13N5O. The molecule has 0 aliphatic rings. The molecule has 0 saturated carbocycles. The Morgan fingerprint density at radius 2 is 2.05 bits per heavy atom. The molecule has 3 rings (SSSR count). The molecule has 21 heavy (non-hydrogen) atoms. The Balaban J connectivity index is 2.48. The number of aryl methyl sites for hydroxylation is 1. The van der Waals surface area contributed by atoms with Gasteiger partial charge in [0.2, 0.25) is 0 Å². The highest BCUT2D eigenvalue weighted by atomic mass is 16.1. The number of nitrogen functional groups attached to an aromatic ring is 1. The van der Waals surface area contributed by atoms with Gasteiger partial charge in [0.25, 0.3) is 5.91 Å². The van der Waals surface area contributed by atoms with Crippen molar-refractivity contribution in [2.75, 3.05) is 5.73 Å². The number of carbonyl (C=O) groups is 1. The van der Waals surface area contributed by atoms with Gasteiger partial charge >= 0.3 is 0 Å². The number of aromatic nitrogens is 3. The molecule has 3 heterocycles. The molecule has 0 aliphatic carbocycles. The van der Waals surface area contributed by atoms with Gasteiger partial charge in [-0.1, -0.05) is 0 Å². The number of anilines is 1. The molecule has 4 N–H and O–H groups in total. The zero-order chi connectivity index (χ0) is 15.0. The third-order valence-corrected chi connectivity index (χ3v) is 3.32. The largest absolute Gasteiger partial charge is 0.396 e. The fraction of sp³-hybridized carbons (Fsp3) is 0.0667. The first-order valence-electron chi connectivity index (χ1n) is 6.34. The lowest BCUT2D eigenvalue weighted by Crippen LogP contribution is -2.17. The predicted octanol–water partition coefficient (Wildman–Crippen LogP) is 1.68. The lowest BCUT2D eigenvalue weighted by atomic mass is 9.99. The quantitative estimate of drug-likeness (QED) is 0.742. The van der Waals surface area contributed by atoms with Crippen LogP contribution in [-0.4, -0.2) is 20.9 Å². The molecule has 0 spiro atoms. The van der Waals surface area contributed by atoms with Gasteiger partial charge in [0.05, 0.1) is 16.7 Å². The summed E-state index contributed by atoms with van der Waals surface area (Å²) >= 11 is 0. The summed E-state index contributed by atoms with van der Waals surface area (Å²) in [5, 5.41) is 0. The van der Waals surface area contributed by atoms with Crippen LogP contribution in [0.3, 0.4) is 0 Å². The Hall–Kier alpha value is -3.02. The summed E-state index contributed by atoms with van der Waals surface area (Å²) in [6, 6.07) is 5.38. The van der Waals surface area contributed by atoms with Gasteiger partial charge < -0.3 is 11.5 Å². The van der Waals surface area contributed by atoms with E-state index in [0.29, 0.717) is 16.6 Å². The summed E-state index contributed by atoms with van der Waals surface area (Å²) < 4.78 is 0. The van der Waals surface area contributed by atoms with Gasteiger partial charge in [-0.25, -0.2) is 4.98 Å². The standard InChI is InChI=1S/C15H13N5O/c1-8-4-6-18-7-9(8)11-12(16)14(15(17)21)20-10-3-2-5-19-13(10)11/h2-7H,16H2,1H3,(H2,17,21). The molecule has 3 aromatic heterocycles. The Bertz CT molecular complexity index is 860. The van der Waals surface area contributed by atoms with Gasteiger partial charge in [-0.2, -0.15) is 0 Å². The van der Waals surface area contributed by atoms with Crippen LogP contribution < -0.4 is 11.5 Å². The molecule has 0 atom stereocenters. The van der Waals surface area contributed by atoms with E-state index in [1.165, 1.54) is 0 Å². The monoisotopic (exact) mass is 279 g/mol. The minimum absolute atomic E-state index is 0.0498. The zero-order valence-corrected chi connectivity index (χ0v) is 11.4. The molecule has 0 saturated heterocycles. The molecule has 6 heteroatoms. The van der Waals surface area contributed by atoms with Crippen LogP contribution >= 0.6 is 0 Å². The summed E-state index contributed by atoms with van der Waals surface area (Å²) in [7, 11) is 0. The van der Waals surface area contributed by atoms with Crippen LogP contribution in [0.2, 0.25) is 0 Å². The predicted molar refractivity (Wildman–Crippen MR) is 80.4 cm³/mol. The number of carbonyl (C=O) groups excluding carboxylic acids is 1. The van der Waals surface area contributed by atoms with Crippen LogP contribution in [-0.2, 0) is 0 Å². The van der Waals surface area contributed by atoms with Gasteiger partial charge in [0.15, 0.2) is 5.69 Å². The summed E-state index contributed by atoms with van der Waals surface area (Å²) in [6.07, 6.45) is 5.04. The third kappa shape index (κ3) is 2.06. The van der Waals surface area contributed by atoms with E-state index in [0.717, 1.165) is 11.1 Å². The minimum Gasteiger partial charge on any atom is -0.396 e. The minimum atomic E-state index is -0.666. The zero-order valence-electron chi connectivity index (χ0n) is 11.4. The van der Waals surface area contributed by atoms with Gasteiger partial charge in [0.1, 0.15) is 0 Å². The van der Waals surface area contributed by atoms with Crippen LogP contribution in [0.25, 0.3) is 22.2 Å². The van der Waals surface area contributed by atoms with Crippen LogP contribution in [0, 0.1) is 6.92 Å². The summed E-state index contributed by atoms with van der Waals surface area (Å²) in [6.45, 7) is 1.94. The number of nitrogens with zero attached hydrogens (tertiary/aromatic N) is 3. The fourth-order valence-corrected chi connectivity index (χ4v) is 2.29. The van der Waals surface area contributed by atoms with Crippen molar-refractivity contribution in [2.24, 2.45) is 5.73 Å². The molecule has 0 bridgehead atoms. The number of hydrogen-bond acceptors (Lipinski definition) is 5. The summed E-state index contributed by atoms with van der Waals surface area (Å²) in [5.41, 5.74) is 15.4. The molecule has 0 aromatic carbocycles. The SMILES string of the molecule is Cc1ccncc1-c1c(N)c(C(N)=O)nc2cccnc12. The summed E-state index contributed by atoms with van der Waals surface area (Å²) in [5.74, 6) is -0.666. The van der Waals surface area contributed by atoms with Gasteiger partial charge in [-0.3, -0.25) is 14.8 Å². The molecule has 3 aromatic rings. The lowest BCUT2D eigenvalue weighted by Gasteiger charge is -2.13. The molecule has 0 fully saturated rings. The van der Waals surface area contributed by atoms with Gasteiger partial charge in [0, 0.05) is 29.7 Å². The van der Waals surface area contributed by atoms with Crippen molar-refractivity contribution in [3.63, 3.8) is 0 Å². The molecule has 0 unspecified atom stereocenters. The van der Waals surface area contributed by atoms with E-state index in [2.05, 4.69) is 15.0 Å². The first kappa shape index (κ1) is 13.0. The maximum Gasteiger partial charge on any atom is 0.269 e. The maximum absolute atomic E-state index is 11.6. The van der Waals surface area contributed by atoms with E-state index in [1.807, 2.05) is 13.0 Å². The van der Waals surface area contributed by atoms with Crippen molar-refractivity contribution in [1.82, 2.24) is 15.0 Å². The van der Waals surface area contributed by atoms with Crippen molar-refractivity contribution >= 4 is 22.6 Å². The Kier molecular flexibility index (Phi) is 2.98. The second-order valence-electron chi connectivity index (χ2n) is 4.68. The van der Waals surface area contributed by atoms with Gasteiger partial charge in [-0.15, -0.1) is 0 Å². The second kappa shape index (κ2) is 4.82. The third-order valence-electron chi connectivity index (χ3n) is 3.32. The number of pyridine rings is 3. The topological polar surface area (TPSA) is 108 Å². The van der Waals surface area contributed by atoms with Crippen LogP contribution in [0.4, 0.5) is 5.69 Å². The van der Waals surface area contributed by atoms with Crippen LogP contribution in [0.15, 0.2) is 36.8 Å². The highest BCUT2D eigenvalue weighted by Gasteiger charge is 2.19. The summed E-state index contributed by atoms with van der Waals surface area (Å²) in [4.78, 5) is 24.2. The molecule has 1 amide bonds. The normalized spacial score (nSPS) is 10.7. The lowest BCUT2D eigenvalue weighted by molar-refractivity contribution is 0.0997. The maximum atomic E-state index is 11.6. The average Bonchev–Trinajstić information content (AvgIpc) is 2.47. The first-order chi connectivity index (χ1) is 10.1. The molecule has 6 nitrogen and oxygen atoms in total. The van der Waals surface area contributed by atoms with Crippen molar-refractivity contribution in [3.05, 3.63) is 48.0 Å². The molecule has 104 valence electrons. The smallest absolute Gasteiger partial charge is 0.269 e. The van der Waals surface area contributed by atoms with E-state index in [4.69, 9.17) is 11.5 Å². The van der Waals surface area contributed by atoms with E-state index in [1.54, 1.807) is 30.7 Å². The highest BCUT2D eigenvalue weighted by molar-refractivity contribution is 6.07. The first-order valence-corrected chi connectivity index (χ1v) is 6.34. The number of primary amides is 1. The highest BCUT2D eigenvalue weighted by Crippen LogP contribution is 2.34. The Morgan fingerprint density at radius 1 is 1.24 bits per heavy atom. The molecule has 0 aliphatic heterocycles. The van der Waals surface area contributed by atoms with Crippen molar-refractivity contribution in [3.8, 4) is 11.1 Å².